The molecule has 1 N–H and O–H groups in total. The average Bonchev–Trinajstić information content (AvgIpc) is 3.08. The molecular formula is C21H29N5. The summed E-state index contributed by atoms with van der Waals surface area (Å²) in [6.45, 7) is 2.84. The van der Waals surface area contributed by atoms with E-state index in [1.165, 1.54) is 32.1 Å². The van der Waals surface area contributed by atoms with E-state index in [4.69, 9.17) is 0 Å². The van der Waals surface area contributed by atoms with Gasteiger partial charge in [0.15, 0.2) is 5.96 Å². The zero-order valence-corrected chi connectivity index (χ0v) is 15.9. The summed E-state index contributed by atoms with van der Waals surface area (Å²) in [7, 11) is 3.92. The molecule has 1 spiro atoms. The molecule has 1 aliphatic carbocycles. The van der Waals surface area contributed by atoms with E-state index in [2.05, 4.69) is 49.0 Å². The van der Waals surface area contributed by atoms with Gasteiger partial charge in [-0.1, -0.05) is 24.3 Å². The fraction of sp³-hybridized carbons (Fsp3) is 0.524. The van der Waals surface area contributed by atoms with E-state index in [0.717, 1.165) is 24.9 Å². The molecule has 1 atom stereocenters. The predicted molar refractivity (Wildman–Crippen MR) is 105 cm³/mol. The Morgan fingerprint density at radius 3 is 2.92 bits per heavy atom. The van der Waals surface area contributed by atoms with Crippen molar-refractivity contribution in [2.24, 2.45) is 12.0 Å². The van der Waals surface area contributed by atoms with Gasteiger partial charge in [0.2, 0.25) is 0 Å². The van der Waals surface area contributed by atoms with E-state index in [-0.39, 0.29) is 5.41 Å². The molecule has 2 aliphatic rings. The molecule has 1 aromatic heterocycles. The van der Waals surface area contributed by atoms with Gasteiger partial charge in [0.1, 0.15) is 5.82 Å². The van der Waals surface area contributed by atoms with Crippen LogP contribution in [0.25, 0.3) is 0 Å². The Labute approximate surface area is 156 Å². The highest BCUT2D eigenvalue weighted by molar-refractivity contribution is 5.80. The zero-order chi connectivity index (χ0) is 18.0. The molecule has 0 amide bonds. The molecule has 0 bridgehead atoms. The third kappa shape index (κ3) is 3.11. The van der Waals surface area contributed by atoms with Gasteiger partial charge in [-0.15, -0.1) is 0 Å². The third-order valence-corrected chi connectivity index (χ3v) is 6.10. The van der Waals surface area contributed by atoms with E-state index in [1.54, 1.807) is 11.1 Å². The monoisotopic (exact) mass is 351 g/mol. The lowest BCUT2D eigenvalue weighted by Gasteiger charge is -2.47. The van der Waals surface area contributed by atoms with Gasteiger partial charge in [-0.3, -0.25) is 4.99 Å². The summed E-state index contributed by atoms with van der Waals surface area (Å²) in [5, 5.41) is 3.52. The van der Waals surface area contributed by atoms with Crippen LogP contribution in [0.5, 0.6) is 0 Å². The second-order valence-electron chi connectivity index (χ2n) is 7.67. The minimum absolute atomic E-state index is 0.286. The van der Waals surface area contributed by atoms with E-state index >= 15 is 0 Å². The van der Waals surface area contributed by atoms with Crippen molar-refractivity contribution in [3.8, 4) is 0 Å². The molecule has 2 aromatic rings. The lowest BCUT2D eigenvalue weighted by atomic mass is 9.66. The van der Waals surface area contributed by atoms with Gasteiger partial charge < -0.3 is 14.8 Å². The Hall–Kier alpha value is -2.30. The number of nitrogens with one attached hydrogen (secondary N) is 1. The average molecular weight is 351 g/mol. The van der Waals surface area contributed by atoms with Crippen LogP contribution in [0.2, 0.25) is 0 Å². The summed E-state index contributed by atoms with van der Waals surface area (Å²) in [6.07, 6.45) is 10.1. The molecular weight excluding hydrogens is 322 g/mol. The molecule has 5 heteroatoms. The molecule has 1 saturated heterocycles. The Morgan fingerprint density at radius 2 is 2.12 bits per heavy atom. The molecule has 26 heavy (non-hydrogen) atoms. The quantitative estimate of drug-likeness (QED) is 0.668. The normalized spacial score (nSPS) is 23.2. The summed E-state index contributed by atoms with van der Waals surface area (Å²) in [6, 6.07) is 9.08. The van der Waals surface area contributed by atoms with Gasteiger partial charge in [-0.05, 0) is 43.2 Å². The van der Waals surface area contributed by atoms with Crippen molar-refractivity contribution < 1.29 is 0 Å². The van der Waals surface area contributed by atoms with Gasteiger partial charge in [0, 0.05) is 45.0 Å². The van der Waals surface area contributed by atoms with Gasteiger partial charge in [-0.25, -0.2) is 4.98 Å². The summed E-state index contributed by atoms with van der Waals surface area (Å²) in [4.78, 5) is 11.4. The summed E-state index contributed by atoms with van der Waals surface area (Å²) in [5.74, 6) is 2.02. The number of benzene rings is 1. The number of rotatable bonds is 2. The minimum Gasteiger partial charge on any atom is -0.349 e. The summed E-state index contributed by atoms with van der Waals surface area (Å²) < 4.78 is 2.05. The standard InChI is InChI=1S/C21H29N5/c1-22-20(24-15-19-23-12-14-25(19)2)26-13-6-11-21(16-26)10-5-8-17-7-3-4-9-18(17)21/h3-4,7,9,12,14H,5-6,8,10-11,13,15-16H2,1-2H3,(H,22,24). The first kappa shape index (κ1) is 17.1. The second kappa shape index (κ2) is 7.14. The highest BCUT2D eigenvalue weighted by Crippen LogP contribution is 2.43. The number of hydrogen-bond acceptors (Lipinski definition) is 2. The molecule has 1 unspecified atom stereocenters. The van der Waals surface area contributed by atoms with Crippen molar-refractivity contribution in [3.63, 3.8) is 0 Å². The first-order valence-electron chi connectivity index (χ1n) is 9.72. The number of likely N-dealkylation sites (tertiary alicyclic amines) is 1. The molecule has 5 nitrogen and oxygen atoms in total. The van der Waals surface area contributed by atoms with Crippen LogP contribution in [-0.4, -0.2) is 40.5 Å². The van der Waals surface area contributed by atoms with Crippen LogP contribution in [0.3, 0.4) is 0 Å². The van der Waals surface area contributed by atoms with Crippen molar-refractivity contribution in [3.05, 3.63) is 53.6 Å². The zero-order valence-electron chi connectivity index (χ0n) is 15.9. The molecule has 0 saturated carbocycles. The van der Waals surface area contributed by atoms with E-state index in [9.17, 15) is 0 Å². The van der Waals surface area contributed by atoms with Crippen molar-refractivity contribution in [2.75, 3.05) is 20.1 Å². The molecule has 1 fully saturated rings. The Bertz CT molecular complexity index is 793. The SMILES string of the molecule is CN=C(NCc1nccn1C)N1CCCC2(CCCc3ccccc32)C1. The predicted octanol–water partition coefficient (Wildman–Crippen LogP) is 2.87. The maximum atomic E-state index is 4.57. The lowest BCUT2D eigenvalue weighted by Crippen LogP contribution is -2.53. The van der Waals surface area contributed by atoms with Crippen LogP contribution in [0.1, 0.15) is 42.6 Å². The van der Waals surface area contributed by atoms with Gasteiger partial charge in [0.05, 0.1) is 6.54 Å². The van der Waals surface area contributed by atoms with Crippen LogP contribution >= 0.6 is 0 Å². The smallest absolute Gasteiger partial charge is 0.194 e. The van der Waals surface area contributed by atoms with E-state index in [1.807, 2.05) is 26.5 Å². The van der Waals surface area contributed by atoms with Crippen LogP contribution in [0, 0.1) is 0 Å². The van der Waals surface area contributed by atoms with Gasteiger partial charge in [0.25, 0.3) is 0 Å². The van der Waals surface area contributed by atoms with Crippen molar-refractivity contribution in [2.45, 2.75) is 44.1 Å². The summed E-state index contributed by atoms with van der Waals surface area (Å²) >= 11 is 0. The highest BCUT2D eigenvalue weighted by Gasteiger charge is 2.40. The fourth-order valence-corrected chi connectivity index (χ4v) is 4.80. The number of fused-ring (bicyclic) bond motifs is 2. The Morgan fingerprint density at radius 1 is 1.27 bits per heavy atom. The fourth-order valence-electron chi connectivity index (χ4n) is 4.80. The highest BCUT2D eigenvalue weighted by atomic mass is 15.3. The van der Waals surface area contributed by atoms with E-state index in [0.29, 0.717) is 6.54 Å². The van der Waals surface area contributed by atoms with Gasteiger partial charge in [-0.2, -0.15) is 0 Å². The number of imidazole rings is 1. The first-order chi connectivity index (χ1) is 12.7. The number of aryl methyl sites for hydroxylation is 2. The summed E-state index contributed by atoms with van der Waals surface area (Å²) in [5.41, 5.74) is 3.42. The second-order valence-corrected chi connectivity index (χ2v) is 7.67. The number of nitrogens with zero attached hydrogens (tertiary/aromatic N) is 4. The number of hydrogen-bond donors (Lipinski definition) is 1. The Balaban J connectivity index is 1.52. The third-order valence-electron chi connectivity index (χ3n) is 6.10. The molecule has 1 aromatic carbocycles. The Kier molecular flexibility index (Phi) is 4.70. The molecule has 2 heterocycles. The van der Waals surface area contributed by atoms with Crippen LogP contribution in [0.4, 0.5) is 0 Å². The molecule has 1 aliphatic heterocycles. The first-order valence-corrected chi connectivity index (χ1v) is 9.72. The topological polar surface area (TPSA) is 45.5 Å². The lowest BCUT2D eigenvalue weighted by molar-refractivity contribution is 0.188. The molecule has 4 rings (SSSR count). The van der Waals surface area contributed by atoms with Crippen molar-refractivity contribution >= 4 is 5.96 Å². The molecule has 0 radical (unpaired) electrons. The largest absolute Gasteiger partial charge is 0.349 e. The van der Waals surface area contributed by atoms with E-state index < -0.39 is 0 Å². The molecule has 138 valence electrons. The van der Waals surface area contributed by atoms with Crippen LogP contribution in [-0.2, 0) is 25.4 Å². The number of guanidine groups is 1. The number of piperidine rings is 1. The number of aromatic nitrogens is 2. The van der Waals surface area contributed by atoms with Crippen LogP contribution < -0.4 is 5.32 Å². The number of aliphatic imine (C=N–C) groups is 1. The maximum Gasteiger partial charge on any atom is 0.194 e. The van der Waals surface area contributed by atoms with Crippen LogP contribution in [0.15, 0.2) is 41.7 Å². The minimum atomic E-state index is 0.286. The van der Waals surface area contributed by atoms with Crippen molar-refractivity contribution in [1.29, 1.82) is 0 Å². The van der Waals surface area contributed by atoms with Gasteiger partial charge >= 0.3 is 0 Å². The maximum absolute atomic E-state index is 4.57. The van der Waals surface area contributed by atoms with Crippen molar-refractivity contribution in [1.82, 2.24) is 19.8 Å².